The van der Waals surface area contributed by atoms with Crippen LogP contribution in [0.15, 0.2) is 12.7 Å². The average molecular weight is 336 g/mol. The highest BCUT2D eigenvalue weighted by Crippen LogP contribution is 2.16. The minimum absolute atomic E-state index is 0.0406. The van der Waals surface area contributed by atoms with E-state index in [9.17, 15) is 19.2 Å². The minimum Gasteiger partial charge on any atom is -0.338 e. The Labute approximate surface area is 141 Å². The van der Waals surface area contributed by atoms with Crippen molar-refractivity contribution >= 4 is 23.8 Å². The highest BCUT2D eigenvalue weighted by atomic mass is 16.2. The van der Waals surface area contributed by atoms with Gasteiger partial charge in [-0.05, 0) is 32.4 Å². The molecule has 0 radical (unpaired) electrons. The summed E-state index contributed by atoms with van der Waals surface area (Å²) >= 11 is 0. The van der Waals surface area contributed by atoms with Crippen molar-refractivity contribution in [2.24, 2.45) is 0 Å². The Balaban J connectivity index is 2.08. The average Bonchev–Trinajstić information content (AvgIpc) is 2.78. The van der Waals surface area contributed by atoms with Gasteiger partial charge in [0, 0.05) is 19.1 Å². The lowest BCUT2D eigenvalue weighted by molar-refractivity contribution is -0.145. The van der Waals surface area contributed by atoms with Crippen LogP contribution in [0.25, 0.3) is 0 Å². The van der Waals surface area contributed by atoms with Crippen molar-refractivity contribution in [3.63, 3.8) is 0 Å². The molecule has 132 valence electrons. The standard InChI is InChI=1S/C16H24N4O4/c1-3-9-18(12-5-7-17-8-6-12)13(21)11-20-15(23)14(22)19(10-4-2)16(20)24/h4,12,17H,2-3,5-11H2,1H3. The van der Waals surface area contributed by atoms with Gasteiger partial charge in [-0.3, -0.25) is 19.3 Å². The van der Waals surface area contributed by atoms with Crippen LogP contribution in [-0.2, 0) is 14.4 Å². The summed E-state index contributed by atoms with van der Waals surface area (Å²) in [5.74, 6) is -2.15. The SMILES string of the molecule is C=CCN1C(=O)C(=O)N(CC(=O)N(CCC)C2CCNCC2)C1=O. The fourth-order valence-electron chi connectivity index (χ4n) is 3.08. The number of carbonyl (C=O) groups excluding carboxylic acids is 4. The maximum absolute atomic E-state index is 12.7. The van der Waals surface area contributed by atoms with Crippen molar-refractivity contribution in [1.29, 1.82) is 0 Å². The highest BCUT2D eigenvalue weighted by molar-refractivity contribution is 6.45. The Bertz CT molecular complexity index is 542. The third-order valence-corrected chi connectivity index (χ3v) is 4.27. The lowest BCUT2D eigenvalue weighted by atomic mass is 10.0. The zero-order chi connectivity index (χ0) is 17.7. The quantitative estimate of drug-likeness (QED) is 0.400. The molecule has 0 bridgehead atoms. The molecule has 1 N–H and O–H groups in total. The summed E-state index contributed by atoms with van der Waals surface area (Å²) in [7, 11) is 0. The van der Waals surface area contributed by atoms with Gasteiger partial charge >= 0.3 is 17.8 Å². The molecule has 2 aliphatic rings. The number of rotatable bonds is 7. The number of piperidine rings is 1. The summed E-state index contributed by atoms with van der Waals surface area (Å²) in [5.41, 5.74) is 0. The van der Waals surface area contributed by atoms with E-state index in [1.54, 1.807) is 4.90 Å². The molecular formula is C16H24N4O4. The Kier molecular flexibility index (Phi) is 6.08. The van der Waals surface area contributed by atoms with Gasteiger partial charge in [-0.1, -0.05) is 13.0 Å². The van der Waals surface area contributed by atoms with E-state index in [0.717, 1.165) is 42.2 Å². The Morgan fingerprint density at radius 1 is 1.25 bits per heavy atom. The van der Waals surface area contributed by atoms with Crippen LogP contribution in [-0.4, -0.2) is 77.2 Å². The number of nitrogens with zero attached hydrogens (tertiary/aromatic N) is 3. The maximum atomic E-state index is 12.7. The first-order chi connectivity index (χ1) is 11.5. The van der Waals surface area contributed by atoms with Crippen LogP contribution in [0.5, 0.6) is 0 Å². The Morgan fingerprint density at radius 3 is 2.46 bits per heavy atom. The van der Waals surface area contributed by atoms with E-state index < -0.39 is 17.8 Å². The predicted octanol–water partition coefficient (Wildman–Crippen LogP) is -0.0462. The fourth-order valence-corrected chi connectivity index (χ4v) is 3.08. The second-order valence-electron chi connectivity index (χ2n) is 5.95. The maximum Gasteiger partial charge on any atom is 0.335 e. The third kappa shape index (κ3) is 3.64. The van der Waals surface area contributed by atoms with Crippen molar-refractivity contribution in [1.82, 2.24) is 20.0 Å². The van der Waals surface area contributed by atoms with Crippen LogP contribution in [0.2, 0.25) is 0 Å². The molecule has 0 saturated carbocycles. The molecule has 24 heavy (non-hydrogen) atoms. The molecule has 2 aliphatic heterocycles. The minimum atomic E-state index is -0.947. The molecular weight excluding hydrogens is 312 g/mol. The van der Waals surface area contributed by atoms with E-state index >= 15 is 0 Å². The summed E-state index contributed by atoms with van der Waals surface area (Å²) in [5, 5.41) is 3.25. The molecule has 8 nitrogen and oxygen atoms in total. The van der Waals surface area contributed by atoms with Gasteiger partial charge in [0.05, 0.1) is 0 Å². The lowest BCUT2D eigenvalue weighted by Crippen LogP contribution is -2.50. The zero-order valence-electron chi connectivity index (χ0n) is 14.0. The normalized spacial score (nSPS) is 19.1. The molecule has 2 fully saturated rings. The van der Waals surface area contributed by atoms with Gasteiger partial charge in [-0.2, -0.15) is 0 Å². The van der Waals surface area contributed by atoms with Gasteiger partial charge in [-0.15, -0.1) is 6.58 Å². The molecule has 0 aliphatic carbocycles. The van der Waals surface area contributed by atoms with E-state index in [1.807, 2.05) is 6.92 Å². The van der Waals surface area contributed by atoms with Gasteiger partial charge in [-0.25, -0.2) is 9.69 Å². The highest BCUT2D eigenvalue weighted by Gasteiger charge is 2.45. The van der Waals surface area contributed by atoms with Gasteiger partial charge < -0.3 is 10.2 Å². The monoisotopic (exact) mass is 336 g/mol. The van der Waals surface area contributed by atoms with Gasteiger partial charge in [0.1, 0.15) is 6.54 Å². The first-order valence-electron chi connectivity index (χ1n) is 8.29. The smallest absolute Gasteiger partial charge is 0.335 e. The van der Waals surface area contributed by atoms with Crippen LogP contribution in [0.1, 0.15) is 26.2 Å². The second-order valence-corrected chi connectivity index (χ2v) is 5.95. The van der Waals surface area contributed by atoms with Crippen LogP contribution in [0.3, 0.4) is 0 Å². The van der Waals surface area contributed by atoms with E-state index in [2.05, 4.69) is 11.9 Å². The fraction of sp³-hybridized carbons (Fsp3) is 0.625. The van der Waals surface area contributed by atoms with Gasteiger partial charge in [0.25, 0.3) is 0 Å². The van der Waals surface area contributed by atoms with Crippen LogP contribution in [0.4, 0.5) is 4.79 Å². The van der Waals surface area contributed by atoms with Gasteiger partial charge in [0.2, 0.25) is 5.91 Å². The second kappa shape index (κ2) is 8.05. The van der Waals surface area contributed by atoms with E-state index in [1.165, 1.54) is 6.08 Å². The summed E-state index contributed by atoms with van der Waals surface area (Å²) in [6, 6.07) is -0.647. The van der Waals surface area contributed by atoms with E-state index in [0.29, 0.717) is 6.54 Å². The molecule has 2 heterocycles. The molecule has 0 aromatic rings. The first kappa shape index (κ1) is 18.1. The number of carbonyl (C=O) groups is 4. The van der Waals surface area contributed by atoms with Crippen molar-refractivity contribution < 1.29 is 19.2 Å². The first-order valence-corrected chi connectivity index (χ1v) is 8.29. The number of hydrogen-bond donors (Lipinski definition) is 1. The van der Waals surface area contributed by atoms with Crippen LogP contribution in [0, 0.1) is 0 Å². The van der Waals surface area contributed by atoms with Crippen molar-refractivity contribution in [2.75, 3.05) is 32.7 Å². The molecule has 0 unspecified atom stereocenters. The number of nitrogens with one attached hydrogen (secondary N) is 1. The molecule has 0 spiro atoms. The van der Waals surface area contributed by atoms with Crippen LogP contribution >= 0.6 is 0 Å². The Morgan fingerprint density at radius 2 is 1.88 bits per heavy atom. The summed E-state index contributed by atoms with van der Waals surface area (Å²) in [4.78, 5) is 51.9. The van der Waals surface area contributed by atoms with Crippen molar-refractivity contribution in [3.05, 3.63) is 12.7 Å². The molecule has 2 rings (SSSR count). The lowest BCUT2D eigenvalue weighted by Gasteiger charge is -2.35. The zero-order valence-corrected chi connectivity index (χ0v) is 14.0. The van der Waals surface area contributed by atoms with Crippen LogP contribution < -0.4 is 5.32 Å². The largest absolute Gasteiger partial charge is 0.338 e. The summed E-state index contributed by atoms with van der Waals surface area (Å²) in [6.45, 7) is 7.26. The van der Waals surface area contributed by atoms with Crippen molar-refractivity contribution in [3.8, 4) is 0 Å². The third-order valence-electron chi connectivity index (χ3n) is 4.27. The number of amides is 5. The topological polar surface area (TPSA) is 90.0 Å². The van der Waals surface area contributed by atoms with Crippen molar-refractivity contribution in [2.45, 2.75) is 32.2 Å². The van der Waals surface area contributed by atoms with E-state index in [4.69, 9.17) is 0 Å². The molecule has 0 aromatic heterocycles. The summed E-state index contributed by atoms with van der Waals surface area (Å²) < 4.78 is 0. The number of urea groups is 1. The molecule has 0 aromatic carbocycles. The van der Waals surface area contributed by atoms with E-state index in [-0.39, 0.29) is 25.0 Å². The molecule has 0 atom stereocenters. The molecule has 8 heteroatoms. The number of imide groups is 2. The van der Waals surface area contributed by atoms with Gasteiger partial charge in [0.15, 0.2) is 0 Å². The molecule has 2 saturated heterocycles. The summed E-state index contributed by atoms with van der Waals surface area (Å²) in [6.07, 6.45) is 3.84. The predicted molar refractivity (Wildman–Crippen MR) is 86.9 cm³/mol. The number of hydrogen-bond acceptors (Lipinski definition) is 5. The molecule has 5 amide bonds. The Hall–Kier alpha value is -2.22.